The molecule has 0 atom stereocenters. The Balaban J connectivity index is 1.35. The number of nitrogens with zero attached hydrogens (tertiary/aromatic N) is 4. The Bertz CT molecular complexity index is 851. The Morgan fingerprint density at radius 1 is 1.08 bits per heavy atom. The van der Waals surface area contributed by atoms with Crippen LogP contribution in [0, 0.1) is 0 Å². The molecule has 0 bridgehead atoms. The van der Waals surface area contributed by atoms with E-state index in [0.717, 1.165) is 17.8 Å². The average molecular weight is 321 g/mol. The van der Waals surface area contributed by atoms with Crippen molar-refractivity contribution in [3.8, 4) is 0 Å². The SMILES string of the molecule is O=C(NCc1ccc(CN2CCC2)cc1)c1ccc2ncnn2c1. The van der Waals surface area contributed by atoms with Gasteiger partial charge in [0.25, 0.3) is 5.91 Å². The number of amides is 1. The van der Waals surface area contributed by atoms with Gasteiger partial charge in [-0.2, -0.15) is 5.10 Å². The largest absolute Gasteiger partial charge is 0.348 e. The molecular formula is C18H19N5O. The van der Waals surface area contributed by atoms with Crippen LogP contribution in [-0.2, 0) is 13.1 Å². The van der Waals surface area contributed by atoms with E-state index in [1.165, 1.54) is 31.4 Å². The number of fused-ring (bicyclic) bond motifs is 1. The van der Waals surface area contributed by atoms with Crippen LogP contribution in [0.1, 0.15) is 27.9 Å². The molecule has 6 nitrogen and oxygen atoms in total. The van der Waals surface area contributed by atoms with E-state index in [9.17, 15) is 4.79 Å². The molecule has 0 saturated carbocycles. The van der Waals surface area contributed by atoms with E-state index in [-0.39, 0.29) is 5.91 Å². The molecule has 3 heterocycles. The van der Waals surface area contributed by atoms with Gasteiger partial charge in [-0.05, 0) is 42.8 Å². The fraction of sp³-hybridized carbons (Fsp3) is 0.278. The van der Waals surface area contributed by atoms with Crippen molar-refractivity contribution in [1.82, 2.24) is 24.8 Å². The van der Waals surface area contributed by atoms with Gasteiger partial charge in [0.2, 0.25) is 0 Å². The summed E-state index contributed by atoms with van der Waals surface area (Å²) >= 11 is 0. The molecule has 1 aliphatic heterocycles. The van der Waals surface area contributed by atoms with Crippen LogP contribution in [-0.4, -0.2) is 38.5 Å². The predicted octanol–water partition coefficient (Wildman–Crippen LogP) is 1.86. The highest BCUT2D eigenvalue weighted by Gasteiger charge is 2.13. The monoisotopic (exact) mass is 321 g/mol. The van der Waals surface area contributed by atoms with Crippen LogP contribution in [0.2, 0.25) is 0 Å². The Kier molecular flexibility index (Phi) is 3.96. The average Bonchev–Trinajstić information content (AvgIpc) is 3.04. The molecule has 0 aliphatic carbocycles. The number of carbonyl (C=O) groups is 1. The van der Waals surface area contributed by atoms with E-state index < -0.39 is 0 Å². The highest BCUT2D eigenvalue weighted by atomic mass is 16.1. The second-order valence-corrected chi connectivity index (χ2v) is 6.11. The quantitative estimate of drug-likeness (QED) is 0.779. The fourth-order valence-electron chi connectivity index (χ4n) is 2.80. The molecule has 1 aliphatic rings. The molecule has 1 saturated heterocycles. The standard InChI is InChI=1S/C18H19N5O/c24-18(16-6-7-17-20-13-21-23(17)12-16)19-10-14-2-4-15(5-3-14)11-22-8-1-9-22/h2-7,12-13H,1,8-11H2,(H,19,24). The molecule has 122 valence electrons. The maximum atomic E-state index is 12.3. The summed E-state index contributed by atoms with van der Waals surface area (Å²) in [6.45, 7) is 3.94. The van der Waals surface area contributed by atoms with E-state index in [2.05, 4.69) is 44.6 Å². The van der Waals surface area contributed by atoms with Crippen LogP contribution in [0.25, 0.3) is 5.65 Å². The number of nitrogens with one attached hydrogen (secondary N) is 1. The number of pyridine rings is 1. The highest BCUT2D eigenvalue weighted by molar-refractivity contribution is 5.94. The maximum Gasteiger partial charge on any atom is 0.253 e. The lowest BCUT2D eigenvalue weighted by molar-refractivity contribution is 0.0950. The van der Waals surface area contributed by atoms with E-state index in [1.54, 1.807) is 22.8 Å². The van der Waals surface area contributed by atoms with Crippen LogP contribution in [0.3, 0.4) is 0 Å². The molecule has 1 aromatic carbocycles. The van der Waals surface area contributed by atoms with Gasteiger partial charge in [-0.15, -0.1) is 0 Å². The molecule has 6 heteroatoms. The molecule has 0 radical (unpaired) electrons. The number of hydrogen-bond donors (Lipinski definition) is 1. The minimum atomic E-state index is -0.114. The van der Waals surface area contributed by atoms with E-state index in [1.807, 2.05) is 0 Å². The van der Waals surface area contributed by atoms with Gasteiger partial charge >= 0.3 is 0 Å². The van der Waals surface area contributed by atoms with Gasteiger partial charge in [0.1, 0.15) is 6.33 Å². The number of carbonyl (C=O) groups excluding carboxylic acids is 1. The molecule has 3 aromatic rings. The summed E-state index contributed by atoms with van der Waals surface area (Å²) in [6, 6.07) is 12.0. The van der Waals surface area contributed by atoms with Gasteiger partial charge in [0.05, 0.1) is 5.56 Å². The lowest BCUT2D eigenvalue weighted by Crippen LogP contribution is -2.36. The molecule has 2 aromatic heterocycles. The third-order valence-electron chi connectivity index (χ3n) is 4.37. The first-order valence-electron chi connectivity index (χ1n) is 8.16. The maximum absolute atomic E-state index is 12.3. The van der Waals surface area contributed by atoms with E-state index >= 15 is 0 Å². The van der Waals surface area contributed by atoms with Crippen LogP contribution in [0.15, 0.2) is 48.9 Å². The third-order valence-corrected chi connectivity index (χ3v) is 4.37. The topological polar surface area (TPSA) is 62.5 Å². The summed E-state index contributed by atoms with van der Waals surface area (Å²) < 4.78 is 1.60. The number of hydrogen-bond acceptors (Lipinski definition) is 4. The molecule has 4 rings (SSSR count). The van der Waals surface area contributed by atoms with Crippen molar-refractivity contribution in [2.45, 2.75) is 19.5 Å². The van der Waals surface area contributed by atoms with Crippen molar-refractivity contribution < 1.29 is 4.79 Å². The minimum Gasteiger partial charge on any atom is -0.348 e. The molecule has 24 heavy (non-hydrogen) atoms. The van der Waals surface area contributed by atoms with Crippen molar-refractivity contribution in [3.63, 3.8) is 0 Å². The summed E-state index contributed by atoms with van der Waals surface area (Å²) in [5, 5.41) is 6.99. The predicted molar refractivity (Wildman–Crippen MR) is 90.5 cm³/mol. The van der Waals surface area contributed by atoms with Gasteiger partial charge in [0, 0.05) is 19.3 Å². The fourth-order valence-corrected chi connectivity index (χ4v) is 2.80. The summed E-state index contributed by atoms with van der Waals surface area (Å²) in [4.78, 5) is 18.8. The molecule has 1 fully saturated rings. The summed E-state index contributed by atoms with van der Waals surface area (Å²) in [5.74, 6) is -0.114. The zero-order valence-electron chi connectivity index (χ0n) is 13.4. The summed E-state index contributed by atoms with van der Waals surface area (Å²) in [6.07, 6.45) is 4.47. The van der Waals surface area contributed by atoms with Crippen molar-refractivity contribution in [1.29, 1.82) is 0 Å². The highest BCUT2D eigenvalue weighted by Crippen LogP contribution is 2.13. The first kappa shape index (κ1) is 14.8. The number of aromatic nitrogens is 3. The number of likely N-dealkylation sites (tertiary alicyclic amines) is 1. The van der Waals surface area contributed by atoms with Gasteiger partial charge < -0.3 is 5.32 Å². The lowest BCUT2D eigenvalue weighted by Gasteiger charge is -2.30. The zero-order chi connectivity index (χ0) is 16.4. The second kappa shape index (κ2) is 6.41. The first-order valence-corrected chi connectivity index (χ1v) is 8.16. The normalized spacial score (nSPS) is 14.5. The lowest BCUT2D eigenvalue weighted by atomic mass is 10.1. The van der Waals surface area contributed by atoms with Gasteiger partial charge in [-0.1, -0.05) is 24.3 Å². The second-order valence-electron chi connectivity index (χ2n) is 6.11. The van der Waals surface area contributed by atoms with Crippen molar-refractivity contribution in [2.24, 2.45) is 0 Å². The van der Waals surface area contributed by atoms with Crippen LogP contribution in [0.5, 0.6) is 0 Å². The Labute approximate surface area is 140 Å². The van der Waals surface area contributed by atoms with E-state index in [0.29, 0.717) is 12.1 Å². The van der Waals surface area contributed by atoms with Gasteiger partial charge in [-0.25, -0.2) is 9.50 Å². The van der Waals surface area contributed by atoms with E-state index in [4.69, 9.17) is 0 Å². The first-order chi connectivity index (χ1) is 11.8. The van der Waals surface area contributed by atoms with Crippen LogP contribution >= 0.6 is 0 Å². The third kappa shape index (κ3) is 3.14. The van der Waals surface area contributed by atoms with Gasteiger partial charge in [0.15, 0.2) is 5.65 Å². The molecule has 1 amide bonds. The van der Waals surface area contributed by atoms with Crippen molar-refractivity contribution >= 4 is 11.6 Å². The Hall–Kier alpha value is -2.73. The minimum absolute atomic E-state index is 0.114. The van der Waals surface area contributed by atoms with Crippen LogP contribution in [0.4, 0.5) is 0 Å². The summed E-state index contributed by atoms with van der Waals surface area (Å²) in [5.41, 5.74) is 3.71. The number of rotatable bonds is 5. The Morgan fingerprint density at radius 3 is 2.62 bits per heavy atom. The number of benzene rings is 1. The van der Waals surface area contributed by atoms with Gasteiger partial charge in [-0.3, -0.25) is 9.69 Å². The zero-order valence-corrected chi connectivity index (χ0v) is 13.4. The molecule has 0 spiro atoms. The molecule has 1 N–H and O–H groups in total. The van der Waals surface area contributed by atoms with Crippen molar-refractivity contribution in [2.75, 3.05) is 13.1 Å². The Morgan fingerprint density at radius 2 is 1.88 bits per heavy atom. The molecular weight excluding hydrogens is 302 g/mol. The summed E-state index contributed by atoms with van der Waals surface area (Å²) in [7, 11) is 0. The smallest absolute Gasteiger partial charge is 0.253 e. The molecule has 0 unspecified atom stereocenters. The van der Waals surface area contributed by atoms with Crippen LogP contribution < -0.4 is 5.32 Å². The van der Waals surface area contributed by atoms with Crippen molar-refractivity contribution in [3.05, 3.63) is 65.6 Å².